The number of nitrogens with zero attached hydrogens (tertiary/aromatic N) is 3. The van der Waals surface area contributed by atoms with Crippen molar-refractivity contribution in [3.8, 4) is 0 Å². The normalized spacial score (nSPS) is 15.8. The summed E-state index contributed by atoms with van der Waals surface area (Å²) >= 11 is 11.9. The van der Waals surface area contributed by atoms with Gasteiger partial charge in [0.2, 0.25) is 5.91 Å². The van der Waals surface area contributed by atoms with Gasteiger partial charge in [0, 0.05) is 32.4 Å². The molecule has 1 saturated heterocycles. The van der Waals surface area contributed by atoms with Crippen molar-refractivity contribution < 1.29 is 4.79 Å². The Hall–Kier alpha value is -0.460. The van der Waals surface area contributed by atoms with Gasteiger partial charge in [-0.1, -0.05) is 23.2 Å². The second-order valence-corrected chi connectivity index (χ2v) is 5.40. The second kappa shape index (κ2) is 8.86. The van der Waals surface area contributed by atoms with Crippen LogP contribution >= 0.6 is 48.0 Å². The molecule has 9 heteroatoms. The molecule has 21 heavy (non-hydrogen) atoms. The van der Waals surface area contributed by atoms with Crippen LogP contribution in [0.5, 0.6) is 0 Å². The van der Waals surface area contributed by atoms with Gasteiger partial charge in [0.25, 0.3) is 0 Å². The molecule has 1 aliphatic rings. The van der Waals surface area contributed by atoms with E-state index in [2.05, 4.69) is 4.98 Å². The first kappa shape index (κ1) is 20.5. The van der Waals surface area contributed by atoms with E-state index in [0.717, 1.165) is 0 Å². The zero-order valence-corrected chi connectivity index (χ0v) is 14.6. The Balaban J connectivity index is 0.00000200. The van der Waals surface area contributed by atoms with Crippen molar-refractivity contribution in [1.82, 2.24) is 9.88 Å². The van der Waals surface area contributed by atoms with Crippen LogP contribution in [0.4, 0.5) is 5.82 Å². The molecule has 0 bridgehead atoms. The number of carbonyl (C=O) groups is 1. The summed E-state index contributed by atoms with van der Waals surface area (Å²) in [6, 6.07) is 1.22. The summed E-state index contributed by atoms with van der Waals surface area (Å²) in [5.74, 6) is 0.689. The van der Waals surface area contributed by atoms with E-state index >= 15 is 0 Å². The van der Waals surface area contributed by atoms with Crippen LogP contribution in [0.25, 0.3) is 0 Å². The average molecular weight is 376 g/mol. The minimum absolute atomic E-state index is 0. The molecule has 0 saturated carbocycles. The fourth-order valence-electron chi connectivity index (χ4n) is 2.07. The lowest BCUT2D eigenvalue weighted by Gasteiger charge is -2.36. The third kappa shape index (κ3) is 5.04. The third-order valence-corrected chi connectivity index (χ3v) is 3.55. The second-order valence-electron chi connectivity index (χ2n) is 4.56. The number of rotatable bonds is 2. The van der Waals surface area contributed by atoms with Gasteiger partial charge < -0.3 is 15.5 Å². The smallest absolute Gasteiger partial charge is 0.239 e. The Kier molecular flexibility index (Phi) is 8.66. The van der Waals surface area contributed by atoms with Crippen LogP contribution in [0, 0.1) is 0 Å². The SMILES string of the molecule is CC(N)C(=O)N1CCN(c2ncc(Cl)cc2Cl)CC1.Cl.Cl. The number of hydrogen-bond donors (Lipinski definition) is 1. The van der Waals surface area contributed by atoms with Gasteiger partial charge in [0.1, 0.15) is 5.82 Å². The van der Waals surface area contributed by atoms with Gasteiger partial charge in [0.05, 0.1) is 16.1 Å². The highest BCUT2D eigenvalue weighted by atomic mass is 35.5. The van der Waals surface area contributed by atoms with Crippen LogP contribution in [-0.4, -0.2) is 48.0 Å². The number of pyridine rings is 1. The van der Waals surface area contributed by atoms with Gasteiger partial charge >= 0.3 is 0 Å². The lowest BCUT2D eigenvalue weighted by molar-refractivity contribution is -0.132. The van der Waals surface area contributed by atoms with Crippen LogP contribution in [-0.2, 0) is 4.79 Å². The van der Waals surface area contributed by atoms with Gasteiger partial charge in [-0.15, -0.1) is 24.8 Å². The predicted molar refractivity (Wildman–Crippen MR) is 91.2 cm³/mol. The largest absolute Gasteiger partial charge is 0.352 e. The molecule has 1 fully saturated rings. The van der Waals surface area contributed by atoms with Crippen LogP contribution in [0.15, 0.2) is 12.3 Å². The van der Waals surface area contributed by atoms with Gasteiger partial charge in [-0.3, -0.25) is 4.79 Å². The number of halogens is 4. The zero-order chi connectivity index (χ0) is 14.0. The number of carbonyl (C=O) groups excluding carboxylic acids is 1. The summed E-state index contributed by atoms with van der Waals surface area (Å²) < 4.78 is 0. The fraction of sp³-hybridized carbons (Fsp3) is 0.500. The summed E-state index contributed by atoms with van der Waals surface area (Å²) in [6.45, 7) is 4.33. The maximum Gasteiger partial charge on any atom is 0.239 e. The Morgan fingerprint density at radius 3 is 2.33 bits per heavy atom. The van der Waals surface area contributed by atoms with Gasteiger partial charge in [-0.05, 0) is 13.0 Å². The molecular formula is C12H18Cl4N4O. The molecule has 0 aromatic carbocycles. The number of nitrogens with two attached hydrogens (primary N) is 1. The number of aromatic nitrogens is 1. The van der Waals surface area contributed by atoms with Crippen LogP contribution < -0.4 is 10.6 Å². The van der Waals surface area contributed by atoms with Gasteiger partial charge in [0.15, 0.2) is 0 Å². The lowest BCUT2D eigenvalue weighted by atomic mass is 10.2. The molecule has 1 unspecified atom stereocenters. The monoisotopic (exact) mass is 374 g/mol. The van der Waals surface area contributed by atoms with Gasteiger partial charge in [-0.2, -0.15) is 0 Å². The number of hydrogen-bond acceptors (Lipinski definition) is 4. The molecule has 1 amide bonds. The Bertz CT molecular complexity index is 478. The van der Waals surface area contributed by atoms with E-state index < -0.39 is 6.04 Å². The standard InChI is InChI=1S/C12H16Cl2N4O.2ClH/c1-8(15)12(19)18-4-2-17(3-5-18)11-10(14)6-9(13)7-16-11;;/h6-8H,2-5,15H2,1H3;2*1H. The highest BCUT2D eigenvalue weighted by Gasteiger charge is 2.24. The fourth-order valence-corrected chi connectivity index (χ4v) is 2.57. The Morgan fingerprint density at radius 2 is 1.86 bits per heavy atom. The van der Waals surface area contributed by atoms with Crippen molar-refractivity contribution in [2.75, 3.05) is 31.1 Å². The molecule has 0 aliphatic carbocycles. The average Bonchev–Trinajstić information content (AvgIpc) is 2.38. The summed E-state index contributed by atoms with van der Waals surface area (Å²) in [5, 5.41) is 1.04. The molecule has 0 radical (unpaired) electrons. The molecule has 1 aromatic rings. The van der Waals surface area contributed by atoms with Crippen molar-refractivity contribution in [2.24, 2.45) is 5.73 Å². The summed E-state index contributed by atoms with van der Waals surface area (Å²) in [5.41, 5.74) is 5.60. The molecule has 1 atom stereocenters. The quantitative estimate of drug-likeness (QED) is 0.860. The number of amides is 1. The molecule has 120 valence electrons. The topological polar surface area (TPSA) is 62.5 Å². The van der Waals surface area contributed by atoms with Crippen LogP contribution in [0.1, 0.15) is 6.92 Å². The molecule has 2 N–H and O–H groups in total. The molecule has 1 aromatic heterocycles. The first-order valence-corrected chi connectivity index (χ1v) is 6.85. The van der Waals surface area contributed by atoms with E-state index in [9.17, 15) is 4.79 Å². The maximum atomic E-state index is 11.8. The van der Waals surface area contributed by atoms with E-state index in [1.807, 2.05) is 4.90 Å². The van der Waals surface area contributed by atoms with Crippen LogP contribution in [0.2, 0.25) is 10.0 Å². The summed E-state index contributed by atoms with van der Waals surface area (Å²) in [7, 11) is 0. The summed E-state index contributed by atoms with van der Waals surface area (Å²) in [4.78, 5) is 19.8. The van der Waals surface area contributed by atoms with Crippen molar-refractivity contribution in [2.45, 2.75) is 13.0 Å². The highest BCUT2D eigenvalue weighted by Crippen LogP contribution is 2.26. The minimum Gasteiger partial charge on any atom is -0.352 e. The van der Waals surface area contributed by atoms with Gasteiger partial charge in [-0.25, -0.2) is 4.98 Å². The zero-order valence-electron chi connectivity index (χ0n) is 11.5. The molecule has 0 spiro atoms. The Labute approximate surface area is 146 Å². The van der Waals surface area contributed by atoms with Crippen molar-refractivity contribution in [3.05, 3.63) is 22.3 Å². The van der Waals surface area contributed by atoms with E-state index in [4.69, 9.17) is 28.9 Å². The van der Waals surface area contributed by atoms with Crippen molar-refractivity contribution in [1.29, 1.82) is 0 Å². The lowest BCUT2D eigenvalue weighted by Crippen LogP contribution is -2.52. The number of piperazine rings is 1. The van der Waals surface area contributed by atoms with E-state index in [0.29, 0.717) is 42.0 Å². The first-order valence-electron chi connectivity index (χ1n) is 6.09. The summed E-state index contributed by atoms with van der Waals surface area (Å²) in [6.07, 6.45) is 1.57. The molecule has 5 nitrogen and oxygen atoms in total. The predicted octanol–water partition coefficient (Wildman–Crippen LogP) is 2.23. The minimum atomic E-state index is -0.455. The maximum absolute atomic E-state index is 11.8. The van der Waals surface area contributed by atoms with Crippen molar-refractivity contribution >= 4 is 59.7 Å². The number of anilines is 1. The highest BCUT2D eigenvalue weighted by molar-refractivity contribution is 6.36. The molecule has 2 rings (SSSR count). The van der Waals surface area contributed by atoms with E-state index in [-0.39, 0.29) is 30.7 Å². The van der Waals surface area contributed by atoms with E-state index in [1.165, 1.54) is 0 Å². The molecular weight excluding hydrogens is 358 g/mol. The van der Waals surface area contributed by atoms with Crippen molar-refractivity contribution in [3.63, 3.8) is 0 Å². The Morgan fingerprint density at radius 1 is 1.29 bits per heavy atom. The van der Waals surface area contributed by atoms with Crippen LogP contribution in [0.3, 0.4) is 0 Å². The molecule has 1 aliphatic heterocycles. The van der Waals surface area contributed by atoms with E-state index in [1.54, 1.807) is 24.1 Å². The molecule has 2 heterocycles. The third-order valence-electron chi connectivity index (χ3n) is 3.07. The first-order chi connectivity index (χ1) is 8.99.